The Morgan fingerprint density at radius 2 is 1.90 bits per heavy atom. The highest BCUT2D eigenvalue weighted by Crippen LogP contribution is 2.15. The molecule has 1 aromatic carbocycles. The van der Waals surface area contributed by atoms with Crippen LogP contribution < -0.4 is 5.73 Å². The molecule has 0 aromatic heterocycles. The molecule has 0 fully saturated rings. The molecule has 0 spiro atoms. The predicted molar refractivity (Wildman–Crippen MR) is 68.5 cm³/mol. The van der Waals surface area contributed by atoms with Gasteiger partial charge in [0, 0.05) is 12.1 Å². The lowest BCUT2D eigenvalue weighted by Gasteiger charge is -2.12. The fourth-order valence-electron chi connectivity index (χ4n) is 1.68. The van der Waals surface area contributed by atoms with Gasteiger partial charge in [0.15, 0.2) is 11.6 Å². The summed E-state index contributed by atoms with van der Waals surface area (Å²) in [5.74, 6) is -3.74. The third kappa shape index (κ3) is 5.21. The van der Waals surface area contributed by atoms with E-state index in [9.17, 15) is 18.0 Å². The Balaban J connectivity index is 2.52. The number of unbranched alkanes of at least 4 members (excludes halogenated alkanes) is 1. The maximum Gasteiger partial charge on any atom is 0.307 e. The van der Waals surface area contributed by atoms with E-state index in [1.54, 1.807) is 0 Å². The summed E-state index contributed by atoms with van der Waals surface area (Å²) in [5.41, 5.74) is 5.63. The molecule has 0 saturated carbocycles. The summed E-state index contributed by atoms with van der Waals surface area (Å²) in [4.78, 5) is 11.4. The smallest absolute Gasteiger partial charge is 0.307 e. The SMILES string of the molecule is CCCCOC(=O)C[C@H](N)Cc1cc(F)c(F)cc1F. The molecular formula is C14H18F3NO2. The van der Waals surface area contributed by atoms with Crippen LogP contribution in [0.25, 0.3) is 0 Å². The topological polar surface area (TPSA) is 52.3 Å². The van der Waals surface area contributed by atoms with Crippen molar-refractivity contribution in [2.75, 3.05) is 6.61 Å². The van der Waals surface area contributed by atoms with E-state index in [-0.39, 0.29) is 18.4 Å². The molecule has 0 bridgehead atoms. The lowest BCUT2D eigenvalue weighted by atomic mass is 10.0. The van der Waals surface area contributed by atoms with Crippen LogP contribution in [-0.4, -0.2) is 18.6 Å². The number of carbonyl (C=O) groups is 1. The fraction of sp³-hybridized carbons (Fsp3) is 0.500. The third-order valence-corrected chi connectivity index (χ3v) is 2.76. The molecule has 0 unspecified atom stereocenters. The number of hydrogen-bond donors (Lipinski definition) is 1. The highest BCUT2D eigenvalue weighted by Gasteiger charge is 2.16. The molecule has 0 heterocycles. The molecule has 112 valence electrons. The monoisotopic (exact) mass is 289 g/mol. The zero-order valence-electron chi connectivity index (χ0n) is 11.3. The lowest BCUT2D eigenvalue weighted by Crippen LogP contribution is -2.28. The largest absolute Gasteiger partial charge is 0.466 e. The Labute approximate surface area is 115 Å². The fourth-order valence-corrected chi connectivity index (χ4v) is 1.68. The van der Waals surface area contributed by atoms with E-state index >= 15 is 0 Å². The Hall–Kier alpha value is -1.56. The molecule has 1 atom stereocenters. The maximum absolute atomic E-state index is 13.4. The molecule has 3 nitrogen and oxygen atoms in total. The van der Waals surface area contributed by atoms with Crippen LogP contribution in [-0.2, 0) is 16.0 Å². The Kier molecular flexibility index (Phi) is 6.51. The van der Waals surface area contributed by atoms with Crippen molar-refractivity contribution in [1.29, 1.82) is 0 Å². The minimum Gasteiger partial charge on any atom is -0.466 e. The highest BCUT2D eigenvalue weighted by molar-refractivity contribution is 5.70. The first-order chi connectivity index (χ1) is 9.43. The average molecular weight is 289 g/mol. The van der Waals surface area contributed by atoms with Gasteiger partial charge in [-0.05, 0) is 24.5 Å². The molecule has 0 saturated heterocycles. The summed E-state index contributed by atoms with van der Waals surface area (Å²) >= 11 is 0. The van der Waals surface area contributed by atoms with Crippen molar-refractivity contribution >= 4 is 5.97 Å². The van der Waals surface area contributed by atoms with Gasteiger partial charge < -0.3 is 10.5 Å². The molecule has 6 heteroatoms. The number of benzene rings is 1. The zero-order chi connectivity index (χ0) is 15.1. The molecule has 20 heavy (non-hydrogen) atoms. The molecule has 0 aliphatic rings. The van der Waals surface area contributed by atoms with Gasteiger partial charge in [0.25, 0.3) is 0 Å². The van der Waals surface area contributed by atoms with Gasteiger partial charge in [-0.15, -0.1) is 0 Å². The normalized spacial score (nSPS) is 12.2. The lowest BCUT2D eigenvalue weighted by molar-refractivity contribution is -0.144. The Bertz CT molecular complexity index is 466. The second-order valence-electron chi connectivity index (χ2n) is 4.60. The zero-order valence-corrected chi connectivity index (χ0v) is 11.3. The summed E-state index contributed by atoms with van der Waals surface area (Å²) in [6, 6.07) is 0.521. The second kappa shape index (κ2) is 7.89. The second-order valence-corrected chi connectivity index (χ2v) is 4.60. The standard InChI is InChI=1S/C14H18F3NO2/c1-2-3-4-20-14(19)7-10(18)5-9-6-12(16)13(17)8-11(9)15/h6,8,10H,2-5,7,18H2,1H3/t10-/m1/s1. The Morgan fingerprint density at radius 1 is 1.25 bits per heavy atom. The minimum absolute atomic E-state index is 0.0576. The number of rotatable bonds is 7. The summed E-state index contributed by atoms with van der Waals surface area (Å²) in [7, 11) is 0. The van der Waals surface area contributed by atoms with Crippen molar-refractivity contribution < 1.29 is 22.7 Å². The molecular weight excluding hydrogens is 271 g/mol. The van der Waals surface area contributed by atoms with Crippen molar-refractivity contribution in [1.82, 2.24) is 0 Å². The first kappa shape index (κ1) is 16.5. The maximum atomic E-state index is 13.4. The first-order valence-electron chi connectivity index (χ1n) is 6.48. The van der Waals surface area contributed by atoms with Crippen LogP contribution in [0.5, 0.6) is 0 Å². The van der Waals surface area contributed by atoms with E-state index in [0.29, 0.717) is 12.7 Å². The summed E-state index contributed by atoms with van der Waals surface area (Å²) in [6.45, 7) is 2.28. The number of ether oxygens (including phenoxy) is 1. The first-order valence-corrected chi connectivity index (χ1v) is 6.48. The van der Waals surface area contributed by atoms with Crippen LogP contribution >= 0.6 is 0 Å². The van der Waals surface area contributed by atoms with Crippen LogP contribution in [0.3, 0.4) is 0 Å². The quantitative estimate of drug-likeness (QED) is 0.477. The number of nitrogens with two attached hydrogens (primary N) is 1. The van der Waals surface area contributed by atoms with Crippen molar-refractivity contribution in [2.24, 2.45) is 5.73 Å². The van der Waals surface area contributed by atoms with E-state index in [1.807, 2.05) is 6.92 Å². The molecule has 0 aliphatic heterocycles. The van der Waals surface area contributed by atoms with Gasteiger partial charge in [0.05, 0.1) is 13.0 Å². The number of halogens is 3. The Morgan fingerprint density at radius 3 is 2.55 bits per heavy atom. The summed E-state index contributed by atoms with van der Waals surface area (Å²) in [5, 5.41) is 0. The van der Waals surface area contributed by atoms with E-state index in [1.165, 1.54) is 0 Å². The van der Waals surface area contributed by atoms with Crippen molar-refractivity contribution in [3.8, 4) is 0 Å². The van der Waals surface area contributed by atoms with E-state index < -0.39 is 29.5 Å². The predicted octanol–water partition coefficient (Wildman–Crippen LogP) is 2.71. The molecule has 0 aliphatic carbocycles. The summed E-state index contributed by atoms with van der Waals surface area (Å²) in [6.07, 6.45) is 1.51. The van der Waals surface area contributed by atoms with Gasteiger partial charge in [-0.1, -0.05) is 13.3 Å². The van der Waals surface area contributed by atoms with Crippen LogP contribution in [0.1, 0.15) is 31.7 Å². The van der Waals surface area contributed by atoms with Gasteiger partial charge in [-0.25, -0.2) is 13.2 Å². The van der Waals surface area contributed by atoms with Gasteiger partial charge in [0.1, 0.15) is 5.82 Å². The van der Waals surface area contributed by atoms with Crippen LogP contribution in [0.2, 0.25) is 0 Å². The molecule has 0 amide bonds. The van der Waals surface area contributed by atoms with E-state index in [2.05, 4.69) is 0 Å². The van der Waals surface area contributed by atoms with Gasteiger partial charge >= 0.3 is 5.97 Å². The van der Waals surface area contributed by atoms with Crippen molar-refractivity contribution in [3.63, 3.8) is 0 Å². The number of carbonyl (C=O) groups excluding carboxylic acids is 1. The van der Waals surface area contributed by atoms with Crippen molar-refractivity contribution in [2.45, 2.75) is 38.6 Å². The van der Waals surface area contributed by atoms with Crippen LogP contribution in [0, 0.1) is 17.5 Å². The molecule has 1 aromatic rings. The molecule has 1 rings (SSSR count). The number of esters is 1. The van der Waals surface area contributed by atoms with Crippen molar-refractivity contribution in [3.05, 3.63) is 35.1 Å². The van der Waals surface area contributed by atoms with Crippen LogP contribution in [0.4, 0.5) is 13.2 Å². The molecule has 2 N–H and O–H groups in total. The summed E-state index contributed by atoms with van der Waals surface area (Å²) < 4.78 is 44.1. The molecule has 0 radical (unpaired) electrons. The highest BCUT2D eigenvalue weighted by atomic mass is 19.2. The van der Waals surface area contributed by atoms with E-state index in [4.69, 9.17) is 10.5 Å². The van der Waals surface area contributed by atoms with Gasteiger partial charge in [-0.2, -0.15) is 0 Å². The number of hydrogen-bond acceptors (Lipinski definition) is 3. The van der Waals surface area contributed by atoms with E-state index in [0.717, 1.165) is 18.9 Å². The van der Waals surface area contributed by atoms with Crippen LogP contribution in [0.15, 0.2) is 12.1 Å². The van der Waals surface area contributed by atoms with Gasteiger partial charge in [-0.3, -0.25) is 4.79 Å². The van der Waals surface area contributed by atoms with Gasteiger partial charge in [0.2, 0.25) is 0 Å². The third-order valence-electron chi connectivity index (χ3n) is 2.76. The minimum atomic E-state index is -1.25. The average Bonchev–Trinajstić information content (AvgIpc) is 2.36.